The number of nitrogens with one attached hydrogen (secondary N) is 1. The van der Waals surface area contributed by atoms with Crippen LogP contribution in [0, 0.1) is 13.8 Å². The Morgan fingerprint density at radius 3 is 2.75 bits per heavy atom. The zero-order chi connectivity index (χ0) is 14.7. The molecule has 0 atom stereocenters. The molecule has 0 fully saturated rings. The van der Waals surface area contributed by atoms with Crippen molar-refractivity contribution in [3.05, 3.63) is 22.6 Å². The summed E-state index contributed by atoms with van der Waals surface area (Å²) in [4.78, 5) is 8.40. The number of hydrogen-bond donors (Lipinski definition) is 1. The molecule has 0 amide bonds. The minimum absolute atomic E-state index is 0.333. The zero-order valence-corrected chi connectivity index (χ0v) is 12.8. The molecule has 0 aliphatic carbocycles. The molecule has 2 heterocycles. The highest BCUT2D eigenvalue weighted by atomic mass is 35.5. The van der Waals surface area contributed by atoms with E-state index in [-0.39, 0.29) is 0 Å². The Hall–Kier alpha value is -1.82. The number of ether oxygens (including phenoxy) is 1. The topological polar surface area (TPSA) is 64.9 Å². The van der Waals surface area contributed by atoms with Crippen LogP contribution in [0.25, 0.3) is 0 Å². The Balaban J connectivity index is 2.28. The van der Waals surface area contributed by atoms with E-state index in [0.29, 0.717) is 22.6 Å². The maximum Gasteiger partial charge on any atom is 0.243 e. The molecule has 0 aromatic carbocycles. The molecule has 20 heavy (non-hydrogen) atoms. The second-order valence-corrected chi connectivity index (χ2v) is 4.91. The Bertz CT molecular complexity index is 611. The van der Waals surface area contributed by atoms with Crippen LogP contribution in [0.1, 0.15) is 24.7 Å². The van der Waals surface area contributed by atoms with Crippen molar-refractivity contribution in [1.29, 1.82) is 0 Å². The molecule has 0 unspecified atom stereocenters. The lowest BCUT2D eigenvalue weighted by Crippen LogP contribution is -2.05. The Kier molecular flexibility index (Phi) is 4.44. The van der Waals surface area contributed by atoms with Crippen LogP contribution in [-0.2, 0) is 7.05 Å². The first-order valence-corrected chi connectivity index (χ1v) is 6.85. The van der Waals surface area contributed by atoms with Crippen LogP contribution in [-0.4, -0.2) is 26.3 Å². The van der Waals surface area contributed by atoms with Gasteiger partial charge in [0.25, 0.3) is 0 Å². The number of halogens is 1. The fraction of sp³-hybridized carbons (Fsp3) is 0.462. The molecule has 6 nitrogen and oxygen atoms in total. The van der Waals surface area contributed by atoms with Gasteiger partial charge in [-0.05, 0) is 20.3 Å². The van der Waals surface area contributed by atoms with E-state index in [9.17, 15) is 0 Å². The summed E-state index contributed by atoms with van der Waals surface area (Å²) in [5.41, 5.74) is 1.71. The number of rotatable bonds is 5. The van der Waals surface area contributed by atoms with Crippen LogP contribution in [0.3, 0.4) is 0 Å². The second kappa shape index (κ2) is 6.09. The summed E-state index contributed by atoms with van der Waals surface area (Å²) < 4.78 is 7.57. The van der Waals surface area contributed by atoms with Gasteiger partial charge in [0.15, 0.2) is 5.75 Å². The molecule has 0 bridgehead atoms. The van der Waals surface area contributed by atoms with Crippen LogP contribution in [0.15, 0.2) is 6.20 Å². The third-order valence-electron chi connectivity index (χ3n) is 2.89. The third kappa shape index (κ3) is 3.01. The van der Waals surface area contributed by atoms with E-state index in [1.165, 1.54) is 6.20 Å². The van der Waals surface area contributed by atoms with Crippen molar-refractivity contribution in [2.45, 2.75) is 27.2 Å². The van der Waals surface area contributed by atoms with Gasteiger partial charge in [-0.25, -0.2) is 4.98 Å². The van der Waals surface area contributed by atoms with Gasteiger partial charge in [0, 0.05) is 13.6 Å². The molecular weight excluding hydrogens is 278 g/mol. The maximum absolute atomic E-state index is 6.09. The Morgan fingerprint density at radius 1 is 1.40 bits per heavy atom. The first-order valence-electron chi connectivity index (χ1n) is 6.47. The normalized spacial score (nSPS) is 10.7. The van der Waals surface area contributed by atoms with Gasteiger partial charge >= 0.3 is 0 Å². The second-order valence-electron chi connectivity index (χ2n) is 4.50. The van der Waals surface area contributed by atoms with E-state index in [4.69, 9.17) is 16.3 Å². The molecule has 0 radical (unpaired) electrons. The summed E-state index contributed by atoms with van der Waals surface area (Å²) in [6.07, 6.45) is 2.52. The summed E-state index contributed by atoms with van der Waals surface area (Å²) >= 11 is 6.09. The highest BCUT2D eigenvalue weighted by Gasteiger charge is 2.15. The van der Waals surface area contributed by atoms with Crippen LogP contribution < -0.4 is 10.1 Å². The van der Waals surface area contributed by atoms with E-state index in [0.717, 1.165) is 24.4 Å². The average molecular weight is 296 g/mol. The molecular formula is C13H18ClN5O. The van der Waals surface area contributed by atoms with Gasteiger partial charge in [-0.1, -0.05) is 18.5 Å². The average Bonchev–Trinajstić information content (AvgIpc) is 2.66. The first-order chi connectivity index (χ1) is 9.52. The molecule has 7 heteroatoms. The van der Waals surface area contributed by atoms with Crippen molar-refractivity contribution in [1.82, 2.24) is 19.7 Å². The van der Waals surface area contributed by atoms with Crippen molar-refractivity contribution in [3.63, 3.8) is 0 Å². The minimum Gasteiger partial charge on any atom is -0.433 e. The van der Waals surface area contributed by atoms with Gasteiger partial charge < -0.3 is 10.1 Å². The highest BCUT2D eigenvalue weighted by molar-refractivity contribution is 6.31. The van der Waals surface area contributed by atoms with E-state index in [1.54, 1.807) is 4.68 Å². The SMILES string of the molecule is CCCNc1ncc(Cl)c(Oc2c(C)nn(C)c2C)n1. The molecule has 0 aliphatic heterocycles. The van der Waals surface area contributed by atoms with Crippen molar-refractivity contribution >= 4 is 17.5 Å². The van der Waals surface area contributed by atoms with Crippen molar-refractivity contribution < 1.29 is 4.74 Å². The van der Waals surface area contributed by atoms with Crippen LogP contribution in [0.4, 0.5) is 5.95 Å². The highest BCUT2D eigenvalue weighted by Crippen LogP contribution is 2.31. The number of aryl methyl sites for hydroxylation is 2. The Labute approximate surface area is 123 Å². The molecule has 108 valence electrons. The van der Waals surface area contributed by atoms with E-state index < -0.39 is 0 Å². The number of nitrogens with zero attached hydrogens (tertiary/aromatic N) is 4. The van der Waals surface area contributed by atoms with Gasteiger partial charge in [0.05, 0.1) is 11.9 Å². The van der Waals surface area contributed by atoms with Gasteiger partial charge in [0.2, 0.25) is 11.8 Å². The van der Waals surface area contributed by atoms with Crippen LogP contribution in [0.2, 0.25) is 5.02 Å². The summed E-state index contributed by atoms with van der Waals surface area (Å²) in [7, 11) is 1.87. The van der Waals surface area contributed by atoms with Crippen LogP contribution >= 0.6 is 11.6 Å². The fourth-order valence-electron chi connectivity index (χ4n) is 1.74. The predicted octanol–water partition coefficient (Wildman–Crippen LogP) is 3.09. The molecule has 2 aromatic rings. The van der Waals surface area contributed by atoms with E-state index in [1.807, 2.05) is 20.9 Å². The third-order valence-corrected chi connectivity index (χ3v) is 3.15. The molecule has 1 N–H and O–H groups in total. The van der Waals surface area contributed by atoms with Gasteiger partial charge in [0.1, 0.15) is 10.7 Å². The predicted molar refractivity (Wildman–Crippen MR) is 78.6 cm³/mol. The number of anilines is 1. The minimum atomic E-state index is 0.333. The molecule has 0 saturated heterocycles. The summed E-state index contributed by atoms with van der Waals surface area (Å²) in [6, 6.07) is 0. The quantitative estimate of drug-likeness (QED) is 0.918. The maximum atomic E-state index is 6.09. The van der Waals surface area contributed by atoms with Gasteiger partial charge in [-0.2, -0.15) is 10.1 Å². The van der Waals surface area contributed by atoms with Crippen molar-refractivity contribution in [2.24, 2.45) is 7.05 Å². The lowest BCUT2D eigenvalue weighted by Gasteiger charge is -2.09. The molecule has 2 rings (SSSR count). The lowest BCUT2D eigenvalue weighted by molar-refractivity contribution is 0.455. The number of hydrogen-bond acceptors (Lipinski definition) is 5. The van der Waals surface area contributed by atoms with E-state index >= 15 is 0 Å². The van der Waals surface area contributed by atoms with Crippen molar-refractivity contribution in [3.8, 4) is 11.6 Å². The first kappa shape index (κ1) is 14.6. The van der Waals surface area contributed by atoms with Crippen molar-refractivity contribution in [2.75, 3.05) is 11.9 Å². The molecule has 0 spiro atoms. The number of aromatic nitrogens is 4. The van der Waals surface area contributed by atoms with Gasteiger partial charge in [-0.15, -0.1) is 0 Å². The smallest absolute Gasteiger partial charge is 0.243 e. The monoisotopic (exact) mass is 295 g/mol. The fourth-order valence-corrected chi connectivity index (χ4v) is 1.87. The molecule has 0 aliphatic rings. The van der Waals surface area contributed by atoms with Crippen LogP contribution in [0.5, 0.6) is 11.6 Å². The largest absolute Gasteiger partial charge is 0.433 e. The Morgan fingerprint density at radius 2 is 2.15 bits per heavy atom. The summed E-state index contributed by atoms with van der Waals surface area (Å²) in [5, 5.41) is 7.77. The standard InChI is InChI=1S/C13H18ClN5O/c1-5-6-15-13-16-7-10(14)12(17-13)20-11-8(2)18-19(4)9(11)3/h7H,5-6H2,1-4H3,(H,15,16,17). The lowest BCUT2D eigenvalue weighted by atomic mass is 10.3. The summed E-state index contributed by atoms with van der Waals surface area (Å²) in [5.74, 6) is 1.51. The zero-order valence-electron chi connectivity index (χ0n) is 12.1. The summed E-state index contributed by atoms with van der Waals surface area (Å²) in [6.45, 7) is 6.68. The molecule has 2 aromatic heterocycles. The van der Waals surface area contributed by atoms with Gasteiger partial charge in [-0.3, -0.25) is 4.68 Å². The van der Waals surface area contributed by atoms with E-state index in [2.05, 4.69) is 27.3 Å². The molecule has 0 saturated carbocycles.